The summed E-state index contributed by atoms with van der Waals surface area (Å²) in [4.78, 5) is 0. The van der Waals surface area contributed by atoms with Crippen LogP contribution in [-0.2, 0) is 9.31 Å². The van der Waals surface area contributed by atoms with Gasteiger partial charge in [0.15, 0.2) is 0 Å². The predicted octanol–water partition coefficient (Wildman–Crippen LogP) is 2.31. The maximum absolute atomic E-state index is 5.33. The van der Waals surface area contributed by atoms with Gasteiger partial charge in [0, 0.05) is 12.5 Å². The van der Waals surface area contributed by atoms with Gasteiger partial charge < -0.3 is 9.31 Å². The van der Waals surface area contributed by atoms with Crippen LogP contribution in [0.1, 0.15) is 0 Å². The summed E-state index contributed by atoms with van der Waals surface area (Å²) in [5, 5.41) is 0. The van der Waals surface area contributed by atoms with E-state index in [2.05, 4.69) is 39.3 Å². The highest BCUT2D eigenvalue weighted by Gasteiger charge is 2.16. The zero-order valence-electron chi connectivity index (χ0n) is 9.81. The summed E-state index contributed by atoms with van der Waals surface area (Å²) >= 11 is 0. The maximum Gasteiger partial charge on any atom is 0.487 e. The third kappa shape index (κ3) is 12.4. The Morgan fingerprint density at radius 2 is 1.08 bits per heavy atom. The van der Waals surface area contributed by atoms with Crippen molar-refractivity contribution in [2.75, 3.05) is 12.5 Å². The van der Waals surface area contributed by atoms with Crippen molar-refractivity contribution in [3.63, 3.8) is 0 Å². The molecule has 0 heterocycles. The van der Waals surface area contributed by atoms with Gasteiger partial charge in [0.05, 0.1) is 16.1 Å². The van der Waals surface area contributed by atoms with Gasteiger partial charge in [0.2, 0.25) is 0 Å². The van der Waals surface area contributed by atoms with Crippen LogP contribution in [-0.4, -0.2) is 36.3 Å². The Labute approximate surface area is 85.3 Å². The molecule has 2 nitrogen and oxygen atoms in total. The summed E-state index contributed by atoms with van der Waals surface area (Å²) in [7, 11) is -0.626. The van der Waals surface area contributed by atoms with Crippen molar-refractivity contribution in [2.45, 2.75) is 39.3 Å². The quantitative estimate of drug-likeness (QED) is 0.502. The van der Waals surface area contributed by atoms with Crippen molar-refractivity contribution < 1.29 is 9.31 Å². The average molecular weight is 217 g/mol. The second-order valence-corrected chi connectivity index (χ2v) is 16.7. The lowest BCUT2D eigenvalue weighted by Gasteiger charge is -2.18. The highest BCUT2D eigenvalue weighted by atomic mass is 28.3. The van der Waals surface area contributed by atoms with Gasteiger partial charge in [0.25, 0.3) is 0 Å². The molecule has 5 heteroatoms. The molecule has 0 aliphatic carbocycles. The molecule has 0 aromatic heterocycles. The largest absolute Gasteiger partial charge is 0.487 e. The lowest BCUT2D eigenvalue weighted by Crippen LogP contribution is -2.32. The van der Waals surface area contributed by atoms with E-state index in [0.29, 0.717) is 0 Å². The van der Waals surface area contributed by atoms with Crippen LogP contribution in [0.5, 0.6) is 0 Å². The van der Waals surface area contributed by atoms with Crippen LogP contribution in [0.4, 0.5) is 0 Å². The van der Waals surface area contributed by atoms with Crippen LogP contribution in [0.3, 0.4) is 0 Å². The monoisotopic (exact) mass is 217 g/mol. The van der Waals surface area contributed by atoms with E-state index in [1.807, 2.05) is 0 Å². The molecular weight excluding hydrogens is 195 g/mol. The molecule has 0 fully saturated rings. The van der Waals surface area contributed by atoms with Crippen molar-refractivity contribution in [3.8, 4) is 0 Å². The predicted molar refractivity (Wildman–Crippen MR) is 64.4 cm³/mol. The fourth-order valence-corrected chi connectivity index (χ4v) is 1.75. The molecule has 0 bridgehead atoms. The van der Waals surface area contributed by atoms with Crippen LogP contribution in [0.25, 0.3) is 0 Å². The van der Waals surface area contributed by atoms with Crippen molar-refractivity contribution in [1.82, 2.24) is 0 Å². The first-order valence-electron chi connectivity index (χ1n) is 4.76. The fraction of sp³-hybridized carbons (Fsp3) is 1.00. The Hall–Kier alpha value is 0.419. The highest BCUT2D eigenvalue weighted by molar-refractivity contribution is 6.76. The molecule has 0 aromatic rings. The van der Waals surface area contributed by atoms with Crippen LogP contribution < -0.4 is 0 Å². The van der Waals surface area contributed by atoms with E-state index < -0.39 is 16.1 Å². The SMILES string of the molecule is C[Si](C)(C)CO[B]OC[Si](C)(C)C. The Kier molecular flexibility index (Phi) is 5.51. The van der Waals surface area contributed by atoms with Gasteiger partial charge in [-0.1, -0.05) is 39.3 Å². The van der Waals surface area contributed by atoms with Crippen LogP contribution in [0, 0.1) is 0 Å². The van der Waals surface area contributed by atoms with Crippen molar-refractivity contribution in [3.05, 3.63) is 0 Å². The van der Waals surface area contributed by atoms with Gasteiger partial charge in [-0.2, -0.15) is 0 Å². The van der Waals surface area contributed by atoms with Gasteiger partial charge in [-0.05, 0) is 0 Å². The minimum atomic E-state index is -1.08. The molecule has 0 unspecified atom stereocenters. The highest BCUT2D eigenvalue weighted by Crippen LogP contribution is 2.02. The molecule has 0 spiro atoms. The smallest absolute Gasteiger partial charge is 0.416 e. The van der Waals surface area contributed by atoms with E-state index >= 15 is 0 Å². The van der Waals surface area contributed by atoms with Gasteiger partial charge in [0.1, 0.15) is 0 Å². The van der Waals surface area contributed by atoms with E-state index in [0.717, 1.165) is 12.5 Å². The van der Waals surface area contributed by atoms with Gasteiger partial charge >= 0.3 is 7.69 Å². The minimum absolute atomic E-state index is 0.846. The van der Waals surface area contributed by atoms with Gasteiger partial charge in [-0.15, -0.1) is 0 Å². The van der Waals surface area contributed by atoms with Gasteiger partial charge in [-0.25, -0.2) is 0 Å². The Balaban J connectivity index is 3.28. The summed E-state index contributed by atoms with van der Waals surface area (Å²) in [6.07, 6.45) is 1.69. The topological polar surface area (TPSA) is 18.5 Å². The average Bonchev–Trinajstić information content (AvgIpc) is 1.81. The molecule has 0 saturated carbocycles. The summed E-state index contributed by atoms with van der Waals surface area (Å²) in [5.41, 5.74) is 0. The second-order valence-electron chi connectivity index (χ2n) is 5.84. The molecule has 0 atom stereocenters. The second kappa shape index (κ2) is 5.34. The molecule has 1 radical (unpaired) electrons. The number of hydrogen-bond donors (Lipinski definition) is 0. The molecular formula is C8H22BO2Si2. The third-order valence-corrected chi connectivity index (χ3v) is 3.23. The Morgan fingerprint density at radius 1 is 0.769 bits per heavy atom. The minimum Gasteiger partial charge on any atom is -0.416 e. The van der Waals surface area contributed by atoms with Crippen molar-refractivity contribution in [1.29, 1.82) is 0 Å². The molecule has 77 valence electrons. The molecule has 0 rings (SSSR count). The number of hydrogen-bond acceptors (Lipinski definition) is 2. The first kappa shape index (κ1) is 13.4. The Bertz CT molecular complexity index is 124. The molecule has 0 amide bonds. The standard InChI is InChI=1S/C8H22BO2Si2/c1-12(2,3)7-10-9-11-8-13(4,5)6/h7-8H2,1-6H3. The first-order chi connectivity index (χ1) is 5.71. The van der Waals surface area contributed by atoms with Crippen LogP contribution in [0.15, 0.2) is 0 Å². The fourth-order valence-electron chi connectivity index (χ4n) is 0.616. The molecule has 0 aliphatic heterocycles. The normalized spacial score (nSPS) is 13.1. The summed E-state index contributed by atoms with van der Waals surface area (Å²) in [6.45, 7) is 13.7. The van der Waals surface area contributed by atoms with Crippen LogP contribution in [0.2, 0.25) is 39.3 Å². The van der Waals surface area contributed by atoms with E-state index in [9.17, 15) is 0 Å². The van der Waals surface area contributed by atoms with E-state index in [-0.39, 0.29) is 0 Å². The summed E-state index contributed by atoms with van der Waals surface area (Å²) < 4.78 is 10.7. The Morgan fingerprint density at radius 3 is 1.31 bits per heavy atom. The lowest BCUT2D eigenvalue weighted by atomic mass is 10.4. The number of rotatable bonds is 6. The van der Waals surface area contributed by atoms with Crippen molar-refractivity contribution >= 4 is 23.8 Å². The van der Waals surface area contributed by atoms with E-state index in [4.69, 9.17) is 9.31 Å². The molecule has 0 saturated heterocycles. The molecule has 0 aliphatic rings. The molecule has 0 aromatic carbocycles. The van der Waals surface area contributed by atoms with Gasteiger partial charge in [-0.3, -0.25) is 0 Å². The third-order valence-electron chi connectivity index (χ3n) is 1.17. The zero-order valence-corrected chi connectivity index (χ0v) is 11.8. The zero-order chi connectivity index (χ0) is 10.5. The first-order valence-corrected chi connectivity index (χ1v) is 12.2. The van der Waals surface area contributed by atoms with E-state index in [1.54, 1.807) is 0 Å². The van der Waals surface area contributed by atoms with Crippen LogP contribution >= 0.6 is 0 Å². The summed E-state index contributed by atoms with van der Waals surface area (Å²) in [6, 6.07) is 0. The molecule has 13 heavy (non-hydrogen) atoms. The van der Waals surface area contributed by atoms with Crippen molar-refractivity contribution in [2.24, 2.45) is 0 Å². The summed E-state index contributed by atoms with van der Waals surface area (Å²) in [5.74, 6) is 0. The molecule has 0 N–H and O–H groups in total. The lowest BCUT2D eigenvalue weighted by molar-refractivity contribution is 0.275. The van der Waals surface area contributed by atoms with E-state index in [1.165, 1.54) is 7.69 Å². The maximum atomic E-state index is 5.33.